The Kier molecular flexibility index (Phi) is 5.75. The second-order valence-corrected chi connectivity index (χ2v) is 7.42. The standard InChI is InChI=1S/C14H24N4OS2/c1-4-18(2)14-17-12(15)11(21-14)13(19)16-9-7-5-6-8-10(9)20-3/h9-10H,4-8,15H2,1-3H3,(H,16,19). The van der Waals surface area contributed by atoms with Crippen LogP contribution in [0.15, 0.2) is 0 Å². The molecular weight excluding hydrogens is 304 g/mol. The number of anilines is 2. The van der Waals surface area contributed by atoms with E-state index in [1.54, 1.807) is 0 Å². The fourth-order valence-corrected chi connectivity index (χ4v) is 4.41. The second-order valence-electron chi connectivity index (χ2n) is 5.36. The Morgan fingerprint density at radius 3 is 2.90 bits per heavy atom. The van der Waals surface area contributed by atoms with Crippen LogP contribution >= 0.6 is 23.1 Å². The van der Waals surface area contributed by atoms with Crippen molar-refractivity contribution >= 4 is 40.0 Å². The van der Waals surface area contributed by atoms with Gasteiger partial charge in [0.2, 0.25) is 0 Å². The first kappa shape index (κ1) is 16.4. The molecule has 1 fully saturated rings. The highest BCUT2D eigenvalue weighted by molar-refractivity contribution is 7.99. The van der Waals surface area contributed by atoms with E-state index in [1.165, 1.54) is 30.6 Å². The Morgan fingerprint density at radius 2 is 2.24 bits per heavy atom. The number of carbonyl (C=O) groups is 1. The Balaban J connectivity index is 2.07. The number of amides is 1. The van der Waals surface area contributed by atoms with Crippen LogP contribution in [0.4, 0.5) is 10.9 Å². The van der Waals surface area contributed by atoms with Gasteiger partial charge in [0, 0.05) is 24.9 Å². The van der Waals surface area contributed by atoms with Gasteiger partial charge in [-0.25, -0.2) is 4.98 Å². The van der Waals surface area contributed by atoms with Gasteiger partial charge in [0.15, 0.2) is 5.13 Å². The van der Waals surface area contributed by atoms with E-state index in [9.17, 15) is 4.79 Å². The van der Waals surface area contributed by atoms with Crippen LogP contribution in [0.5, 0.6) is 0 Å². The third-order valence-electron chi connectivity index (χ3n) is 3.97. The molecule has 1 aromatic heterocycles. The first-order valence-electron chi connectivity index (χ1n) is 7.37. The van der Waals surface area contributed by atoms with Crippen molar-refractivity contribution in [3.8, 4) is 0 Å². The van der Waals surface area contributed by atoms with Gasteiger partial charge >= 0.3 is 0 Å². The summed E-state index contributed by atoms with van der Waals surface area (Å²) in [6.07, 6.45) is 6.78. The first-order valence-corrected chi connectivity index (χ1v) is 9.48. The van der Waals surface area contributed by atoms with E-state index in [2.05, 4.69) is 16.6 Å². The second kappa shape index (κ2) is 7.35. The van der Waals surface area contributed by atoms with Crippen molar-refractivity contribution in [1.29, 1.82) is 0 Å². The van der Waals surface area contributed by atoms with Crippen LogP contribution in [0.25, 0.3) is 0 Å². The average Bonchev–Trinajstić information content (AvgIpc) is 2.89. The predicted molar refractivity (Wildman–Crippen MR) is 92.5 cm³/mol. The molecule has 2 rings (SSSR count). The number of nitrogens with one attached hydrogen (secondary N) is 1. The molecule has 1 saturated carbocycles. The molecule has 0 aliphatic heterocycles. The predicted octanol–water partition coefficient (Wildman–Crippen LogP) is 2.59. The third kappa shape index (κ3) is 3.83. The summed E-state index contributed by atoms with van der Waals surface area (Å²) in [5.41, 5.74) is 5.91. The lowest BCUT2D eigenvalue weighted by atomic mass is 9.95. The minimum Gasteiger partial charge on any atom is -0.382 e. The maximum atomic E-state index is 12.5. The van der Waals surface area contributed by atoms with E-state index in [0.717, 1.165) is 18.1 Å². The van der Waals surface area contributed by atoms with E-state index < -0.39 is 0 Å². The zero-order chi connectivity index (χ0) is 15.4. The van der Waals surface area contributed by atoms with Crippen molar-refractivity contribution in [3.05, 3.63) is 4.88 Å². The number of thiazole rings is 1. The van der Waals surface area contributed by atoms with Gasteiger partial charge in [-0.1, -0.05) is 24.2 Å². The van der Waals surface area contributed by atoms with Crippen LogP contribution in [0.2, 0.25) is 0 Å². The molecule has 0 spiro atoms. The lowest BCUT2D eigenvalue weighted by Crippen LogP contribution is -2.43. The van der Waals surface area contributed by atoms with Crippen molar-refractivity contribution in [2.24, 2.45) is 0 Å². The number of hydrogen-bond acceptors (Lipinski definition) is 6. The van der Waals surface area contributed by atoms with Crippen LogP contribution in [-0.4, -0.2) is 42.0 Å². The normalized spacial score (nSPS) is 22.0. The molecule has 1 aliphatic rings. The van der Waals surface area contributed by atoms with Gasteiger partial charge < -0.3 is 16.0 Å². The molecule has 0 bridgehead atoms. The Hall–Kier alpha value is -0.950. The van der Waals surface area contributed by atoms with Gasteiger partial charge in [0.25, 0.3) is 5.91 Å². The smallest absolute Gasteiger partial charge is 0.265 e. The minimum absolute atomic E-state index is 0.0771. The number of nitrogens with two attached hydrogens (primary N) is 1. The summed E-state index contributed by atoms with van der Waals surface area (Å²) in [4.78, 5) is 19.3. The highest BCUT2D eigenvalue weighted by Gasteiger charge is 2.27. The van der Waals surface area contributed by atoms with Gasteiger partial charge in [0.05, 0.1) is 0 Å². The van der Waals surface area contributed by atoms with E-state index in [4.69, 9.17) is 5.73 Å². The number of nitrogen functional groups attached to an aromatic ring is 1. The lowest BCUT2D eigenvalue weighted by Gasteiger charge is -2.30. The first-order chi connectivity index (χ1) is 10.1. The number of hydrogen-bond donors (Lipinski definition) is 2. The van der Waals surface area contributed by atoms with E-state index in [-0.39, 0.29) is 11.9 Å². The average molecular weight is 329 g/mol. The van der Waals surface area contributed by atoms with Gasteiger partial charge in [-0.05, 0) is 26.0 Å². The molecule has 0 aromatic carbocycles. The van der Waals surface area contributed by atoms with Crippen LogP contribution in [-0.2, 0) is 0 Å². The third-order valence-corrected chi connectivity index (χ3v) is 6.32. The fraction of sp³-hybridized carbons (Fsp3) is 0.714. The van der Waals surface area contributed by atoms with Crippen LogP contribution < -0.4 is 16.0 Å². The highest BCUT2D eigenvalue weighted by atomic mass is 32.2. The maximum Gasteiger partial charge on any atom is 0.265 e. The Bertz CT molecular complexity index is 491. The summed E-state index contributed by atoms with van der Waals surface area (Å²) in [6, 6.07) is 0.245. The molecule has 3 N–H and O–H groups in total. The molecule has 21 heavy (non-hydrogen) atoms. The molecule has 1 amide bonds. The van der Waals surface area contributed by atoms with Crippen molar-refractivity contribution < 1.29 is 4.79 Å². The number of carbonyl (C=O) groups excluding carboxylic acids is 1. The highest BCUT2D eigenvalue weighted by Crippen LogP contribution is 2.30. The molecule has 1 aliphatic carbocycles. The van der Waals surface area contributed by atoms with E-state index in [0.29, 0.717) is 15.9 Å². The number of aromatic nitrogens is 1. The molecule has 2 atom stereocenters. The minimum atomic E-state index is -0.0771. The van der Waals surface area contributed by atoms with Gasteiger partial charge in [-0.15, -0.1) is 0 Å². The molecular formula is C14H24N4OS2. The number of thioether (sulfide) groups is 1. The van der Waals surface area contributed by atoms with Gasteiger partial charge in [0.1, 0.15) is 10.7 Å². The SMILES string of the molecule is CCN(C)c1nc(N)c(C(=O)NC2CCCCC2SC)s1. The van der Waals surface area contributed by atoms with Gasteiger partial charge in [-0.3, -0.25) is 4.79 Å². The van der Waals surface area contributed by atoms with E-state index in [1.807, 2.05) is 30.6 Å². The fourth-order valence-electron chi connectivity index (χ4n) is 2.56. The topological polar surface area (TPSA) is 71.2 Å². The summed E-state index contributed by atoms with van der Waals surface area (Å²) in [5, 5.41) is 4.46. The molecule has 1 heterocycles. The van der Waals surface area contributed by atoms with Crippen LogP contribution in [0.3, 0.4) is 0 Å². The van der Waals surface area contributed by atoms with E-state index >= 15 is 0 Å². The van der Waals surface area contributed by atoms with Gasteiger partial charge in [-0.2, -0.15) is 11.8 Å². The molecule has 0 radical (unpaired) electrons. The van der Waals surface area contributed by atoms with Crippen LogP contribution in [0.1, 0.15) is 42.3 Å². The largest absolute Gasteiger partial charge is 0.382 e. The Morgan fingerprint density at radius 1 is 1.52 bits per heavy atom. The molecule has 0 saturated heterocycles. The molecule has 5 nitrogen and oxygen atoms in total. The summed E-state index contributed by atoms with van der Waals surface area (Å²) >= 11 is 3.21. The molecule has 118 valence electrons. The molecule has 2 unspecified atom stereocenters. The van der Waals surface area contributed by atoms with Crippen LogP contribution in [0, 0.1) is 0 Å². The summed E-state index contributed by atoms with van der Waals surface area (Å²) in [6.45, 7) is 2.88. The number of nitrogens with zero attached hydrogens (tertiary/aromatic N) is 2. The monoisotopic (exact) mass is 328 g/mol. The quantitative estimate of drug-likeness (QED) is 0.869. The summed E-state index contributed by atoms with van der Waals surface area (Å²) < 4.78 is 0. The lowest BCUT2D eigenvalue weighted by molar-refractivity contribution is 0.0934. The summed E-state index contributed by atoms with van der Waals surface area (Å²) in [7, 11) is 1.95. The zero-order valence-corrected chi connectivity index (χ0v) is 14.5. The van der Waals surface area contributed by atoms with Crippen molar-refractivity contribution in [2.75, 3.05) is 30.5 Å². The maximum absolute atomic E-state index is 12.5. The summed E-state index contributed by atoms with van der Waals surface area (Å²) in [5.74, 6) is 0.260. The molecule has 7 heteroatoms. The zero-order valence-electron chi connectivity index (χ0n) is 12.9. The number of rotatable bonds is 5. The molecule has 1 aromatic rings. The van der Waals surface area contributed by atoms with Crippen molar-refractivity contribution in [1.82, 2.24) is 10.3 Å². The van der Waals surface area contributed by atoms with Crippen molar-refractivity contribution in [2.45, 2.75) is 43.9 Å². The Labute approximate surface area is 134 Å². The van der Waals surface area contributed by atoms with Crippen molar-refractivity contribution in [3.63, 3.8) is 0 Å².